The monoisotopic (exact) mass is 338 g/mol. The molecule has 0 fully saturated rings. The van der Waals surface area contributed by atoms with E-state index in [1.807, 2.05) is 56.3 Å². The number of nitrogens with one attached hydrogen (secondary N) is 1. The molecule has 0 aliphatic carbocycles. The van der Waals surface area contributed by atoms with Crippen molar-refractivity contribution < 1.29 is 14.3 Å². The Morgan fingerprint density at radius 3 is 2.52 bits per heavy atom. The van der Waals surface area contributed by atoms with Crippen LogP contribution >= 0.6 is 0 Å². The molecule has 1 heterocycles. The van der Waals surface area contributed by atoms with Crippen LogP contribution in [0.15, 0.2) is 42.5 Å². The van der Waals surface area contributed by atoms with Crippen LogP contribution in [-0.4, -0.2) is 24.5 Å². The third-order valence-corrected chi connectivity index (χ3v) is 4.38. The summed E-state index contributed by atoms with van der Waals surface area (Å²) in [5.74, 6) is 0.435. The Balaban J connectivity index is 1.71. The van der Waals surface area contributed by atoms with Crippen molar-refractivity contribution >= 4 is 23.2 Å². The van der Waals surface area contributed by atoms with E-state index in [0.717, 1.165) is 16.8 Å². The molecular formula is C20H22N2O3. The number of hydrogen-bond donors (Lipinski definition) is 1. The molecule has 25 heavy (non-hydrogen) atoms. The van der Waals surface area contributed by atoms with Crippen LogP contribution in [0.1, 0.15) is 24.5 Å². The van der Waals surface area contributed by atoms with Gasteiger partial charge in [0.1, 0.15) is 5.75 Å². The molecule has 2 aromatic rings. The third kappa shape index (κ3) is 3.50. The molecule has 0 saturated heterocycles. The molecule has 1 unspecified atom stereocenters. The summed E-state index contributed by atoms with van der Waals surface area (Å²) in [7, 11) is 0. The van der Waals surface area contributed by atoms with E-state index in [1.165, 1.54) is 0 Å². The summed E-state index contributed by atoms with van der Waals surface area (Å²) in [4.78, 5) is 26.4. The second kappa shape index (κ2) is 6.97. The molecule has 1 atom stereocenters. The lowest BCUT2D eigenvalue weighted by molar-refractivity contribution is -0.125. The topological polar surface area (TPSA) is 58.6 Å². The highest BCUT2D eigenvalue weighted by atomic mass is 16.5. The zero-order valence-electron chi connectivity index (χ0n) is 14.7. The Kier molecular flexibility index (Phi) is 4.74. The summed E-state index contributed by atoms with van der Waals surface area (Å²) in [6, 6.07) is 13.3. The Hall–Kier alpha value is -2.82. The van der Waals surface area contributed by atoms with Crippen molar-refractivity contribution in [3.05, 3.63) is 53.6 Å². The molecule has 0 bridgehead atoms. The summed E-state index contributed by atoms with van der Waals surface area (Å²) in [6.45, 7) is 5.97. The molecule has 5 heteroatoms. The summed E-state index contributed by atoms with van der Waals surface area (Å²) in [5.41, 5.74) is 3.60. The number of anilines is 2. The van der Waals surface area contributed by atoms with Crippen molar-refractivity contribution in [2.75, 3.05) is 16.8 Å². The first-order valence-corrected chi connectivity index (χ1v) is 8.40. The maximum atomic E-state index is 12.4. The van der Waals surface area contributed by atoms with E-state index in [4.69, 9.17) is 4.74 Å². The second-order valence-electron chi connectivity index (χ2n) is 6.28. The molecule has 130 valence electrons. The van der Waals surface area contributed by atoms with E-state index in [1.54, 1.807) is 11.8 Å². The SMILES string of the molecule is Cc1cccc(C)c1NC(=O)CCN1C(=O)C(C)Oc2ccccc21. The first-order chi connectivity index (χ1) is 12.0. The number of aryl methyl sites for hydroxylation is 2. The van der Waals surface area contributed by atoms with Gasteiger partial charge in [-0.3, -0.25) is 9.59 Å². The summed E-state index contributed by atoms with van der Waals surface area (Å²) in [5, 5.41) is 2.96. The number of rotatable bonds is 4. The molecule has 0 spiro atoms. The van der Waals surface area contributed by atoms with Crippen LogP contribution < -0.4 is 15.0 Å². The minimum atomic E-state index is -0.545. The average Bonchev–Trinajstić information content (AvgIpc) is 2.59. The quantitative estimate of drug-likeness (QED) is 0.929. The number of carbonyl (C=O) groups is 2. The van der Waals surface area contributed by atoms with Gasteiger partial charge in [-0.2, -0.15) is 0 Å². The number of hydrogen-bond acceptors (Lipinski definition) is 3. The fraction of sp³-hybridized carbons (Fsp3) is 0.300. The molecule has 0 aromatic heterocycles. The summed E-state index contributed by atoms with van der Waals surface area (Å²) < 4.78 is 5.62. The van der Waals surface area contributed by atoms with Gasteiger partial charge < -0.3 is 15.0 Å². The van der Waals surface area contributed by atoms with Crippen molar-refractivity contribution in [1.82, 2.24) is 0 Å². The average molecular weight is 338 g/mol. The highest BCUT2D eigenvalue weighted by Crippen LogP contribution is 2.33. The van der Waals surface area contributed by atoms with Crippen molar-refractivity contribution in [2.45, 2.75) is 33.3 Å². The Bertz CT molecular complexity index is 796. The second-order valence-corrected chi connectivity index (χ2v) is 6.28. The fourth-order valence-electron chi connectivity index (χ4n) is 3.02. The zero-order chi connectivity index (χ0) is 18.0. The molecule has 5 nitrogen and oxygen atoms in total. The number of fused-ring (bicyclic) bond motifs is 1. The first-order valence-electron chi connectivity index (χ1n) is 8.40. The number of para-hydroxylation sites is 3. The third-order valence-electron chi connectivity index (χ3n) is 4.38. The minimum Gasteiger partial charge on any atom is -0.479 e. The predicted octanol–water partition coefficient (Wildman–Crippen LogP) is 3.45. The van der Waals surface area contributed by atoms with Crippen LogP contribution in [0, 0.1) is 13.8 Å². The van der Waals surface area contributed by atoms with Gasteiger partial charge >= 0.3 is 0 Å². The van der Waals surface area contributed by atoms with Crippen LogP contribution in [0.5, 0.6) is 5.75 Å². The highest BCUT2D eigenvalue weighted by molar-refractivity contribution is 6.01. The van der Waals surface area contributed by atoms with Gasteiger partial charge in [-0.25, -0.2) is 0 Å². The van der Waals surface area contributed by atoms with Gasteiger partial charge in [0.2, 0.25) is 5.91 Å². The molecule has 0 radical (unpaired) electrons. The fourth-order valence-corrected chi connectivity index (χ4v) is 3.02. The van der Waals surface area contributed by atoms with E-state index in [2.05, 4.69) is 5.32 Å². The maximum Gasteiger partial charge on any atom is 0.267 e. The lowest BCUT2D eigenvalue weighted by Gasteiger charge is -2.32. The molecule has 2 aromatic carbocycles. The molecule has 3 rings (SSSR count). The van der Waals surface area contributed by atoms with Gasteiger partial charge in [0.15, 0.2) is 6.10 Å². The molecule has 2 amide bonds. The normalized spacial score (nSPS) is 16.2. The van der Waals surface area contributed by atoms with Gasteiger partial charge in [0.25, 0.3) is 5.91 Å². The van der Waals surface area contributed by atoms with Gasteiger partial charge in [-0.05, 0) is 44.0 Å². The van der Waals surface area contributed by atoms with Gasteiger partial charge in [-0.1, -0.05) is 30.3 Å². The van der Waals surface area contributed by atoms with E-state index in [9.17, 15) is 9.59 Å². The number of nitrogens with zero attached hydrogens (tertiary/aromatic N) is 1. The number of carbonyl (C=O) groups excluding carboxylic acids is 2. The van der Waals surface area contributed by atoms with E-state index in [-0.39, 0.29) is 18.2 Å². The summed E-state index contributed by atoms with van der Waals surface area (Å²) in [6.07, 6.45) is -0.322. The van der Waals surface area contributed by atoms with E-state index >= 15 is 0 Å². The number of benzene rings is 2. The van der Waals surface area contributed by atoms with Gasteiger partial charge in [0, 0.05) is 18.7 Å². The Morgan fingerprint density at radius 1 is 1.12 bits per heavy atom. The largest absolute Gasteiger partial charge is 0.479 e. The van der Waals surface area contributed by atoms with Crippen LogP contribution in [0.3, 0.4) is 0 Å². The maximum absolute atomic E-state index is 12.4. The van der Waals surface area contributed by atoms with E-state index in [0.29, 0.717) is 18.0 Å². The van der Waals surface area contributed by atoms with Crippen molar-refractivity contribution in [3.63, 3.8) is 0 Å². The first kappa shape index (κ1) is 17.0. The van der Waals surface area contributed by atoms with Crippen molar-refractivity contribution in [2.24, 2.45) is 0 Å². The van der Waals surface area contributed by atoms with Crippen molar-refractivity contribution in [3.8, 4) is 5.75 Å². The molecule has 1 N–H and O–H groups in total. The van der Waals surface area contributed by atoms with Gasteiger partial charge in [-0.15, -0.1) is 0 Å². The standard InChI is InChI=1S/C20H22N2O3/c1-13-7-6-8-14(2)19(13)21-18(23)11-12-22-16-9-4-5-10-17(16)25-15(3)20(22)24/h4-10,15H,11-12H2,1-3H3,(H,21,23). The van der Waals surface area contributed by atoms with Crippen molar-refractivity contribution in [1.29, 1.82) is 0 Å². The van der Waals surface area contributed by atoms with Crippen LogP contribution in [0.4, 0.5) is 11.4 Å². The number of amides is 2. The smallest absolute Gasteiger partial charge is 0.267 e. The Labute approximate surface area is 147 Å². The van der Waals surface area contributed by atoms with E-state index < -0.39 is 6.10 Å². The molecule has 0 saturated carbocycles. The lowest BCUT2D eigenvalue weighted by atomic mass is 10.1. The molecular weight excluding hydrogens is 316 g/mol. The number of ether oxygens (including phenoxy) is 1. The highest BCUT2D eigenvalue weighted by Gasteiger charge is 2.31. The van der Waals surface area contributed by atoms with Gasteiger partial charge in [0.05, 0.1) is 5.69 Å². The Morgan fingerprint density at radius 2 is 1.80 bits per heavy atom. The lowest BCUT2D eigenvalue weighted by Crippen LogP contribution is -2.45. The molecule has 1 aliphatic rings. The zero-order valence-corrected chi connectivity index (χ0v) is 14.7. The minimum absolute atomic E-state index is 0.109. The predicted molar refractivity (Wildman–Crippen MR) is 98.0 cm³/mol. The van der Waals surface area contributed by atoms with Crippen LogP contribution in [-0.2, 0) is 9.59 Å². The van der Waals surface area contributed by atoms with Crippen LogP contribution in [0.25, 0.3) is 0 Å². The van der Waals surface area contributed by atoms with Crippen LogP contribution in [0.2, 0.25) is 0 Å². The summed E-state index contributed by atoms with van der Waals surface area (Å²) >= 11 is 0. The molecule has 1 aliphatic heterocycles.